The maximum atomic E-state index is 13.1. The molecule has 0 amide bonds. The Morgan fingerprint density at radius 3 is 2.87 bits per heavy atom. The summed E-state index contributed by atoms with van der Waals surface area (Å²) >= 11 is 3.41. The van der Waals surface area contributed by atoms with E-state index in [-0.39, 0.29) is 5.82 Å². The van der Waals surface area contributed by atoms with Gasteiger partial charge < -0.3 is 4.57 Å². The molecule has 80 valence electrons. The molecule has 0 spiro atoms. The number of aryl methyl sites for hydroxylation is 1. The molecule has 1 nitrogen and oxygen atoms in total. The summed E-state index contributed by atoms with van der Waals surface area (Å²) in [6.07, 6.45) is 4.29. The molecule has 0 radical (unpaired) electrons. The molecule has 1 aromatic heterocycles. The number of alkyl halides is 1. The van der Waals surface area contributed by atoms with Crippen LogP contribution in [0.4, 0.5) is 4.39 Å². The highest BCUT2D eigenvalue weighted by molar-refractivity contribution is 9.09. The van der Waals surface area contributed by atoms with Crippen LogP contribution in [0.2, 0.25) is 0 Å². The van der Waals surface area contributed by atoms with Crippen molar-refractivity contribution in [2.75, 3.05) is 5.33 Å². The fourth-order valence-electron chi connectivity index (χ4n) is 1.73. The van der Waals surface area contributed by atoms with Crippen molar-refractivity contribution in [3.8, 4) is 0 Å². The third kappa shape index (κ3) is 2.40. The van der Waals surface area contributed by atoms with Gasteiger partial charge in [-0.25, -0.2) is 4.39 Å². The lowest BCUT2D eigenvalue weighted by molar-refractivity contribution is 0.624. The second-order valence-electron chi connectivity index (χ2n) is 3.61. The average molecular weight is 270 g/mol. The molecule has 0 atom stereocenters. The zero-order valence-corrected chi connectivity index (χ0v) is 10.0. The molecule has 3 heteroatoms. The average Bonchev–Trinajstić information content (AvgIpc) is 2.62. The van der Waals surface area contributed by atoms with Crippen molar-refractivity contribution in [2.24, 2.45) is 0 Å². The first-order chi connectivity index (χ1) is 7.31. The lowest BCUT2D eigenvalue weighted by atomic mass is 10.2. The van der Waals surface area contributed by atoms with Crippen molar-refractivity contribution < 1.29 is 4.39 Å². The van der Waals surface area contributed by atoms with Crippen LogP contribution < -0.4 is 0 Å². The van der Waals surface area contributed by atoms with Crippen molar-refractivity contribution in [1.82, 2.24) is 4.57 Å². The first kappa shape index (κ1) is 10.7. The minimum atomic E-state index is -0.164. The molecule has 0 N–H and O–H groups in total. The number of aromatic nitrogens is 1. The Bertz CT molecular complexity index is 450. The smallest absolute Gasteiger partial charge is 0.125 e. The highest BCUT2D eigenvalue weighted by Crippen LogP contribution is 2.17. The number of nitrogens with zero attached hydrogens (tertiary/aromatic N) is 1. The van der Waals surface area contributed by atoms with Crippen LogP contribution in [0.3, 0.4) is 0 Å². The molecule has 1 heterocycles. The van der Waals surface area contributed by atoms with Crippen LogP contribution >= 0.6 is 15.9 Å². The lowest BCUT2D eigenvalue weighted by Crippen LogP contribution is -1.96. The van der Waals surface area contributed by atoms with E-state index in [2.05, 4.69) is 20.5 Å². The van der Waals surface area contributed by atoms with Gasteiger partial charge in [0.25, 0.3) is 0 Å². The predicted octanol–water partition coefficient (Wildman–Crippen LogP) is 3.96. The van der Waals surface area contributed by atoms with Gasteiger partial charge >= 0.3 is 0 Å². The number of hydrogen-bond acceptors (Lipinski definition) is 0. The molecule has 2 aromatic rings. The molecule has 0 aliphatic rings. The SMILES string of the molecule is Fc1ccc2ccn(CCCCBr)c2c1. The number of fused-ring (bicyclic) bond motifs is 1. The first-order valence-corrected chi connectivity index (χ1v) is 6.24. The highest BCUT2D eigenvalue weighted by atomic mass is 79.9. The van der Waals surface area contributed by atoms with Crippen molar-refractivity contribution in [2.45, 2.75) is 19.4 Å². The van der Waals surface area contributed by atoms with Gasteiger partial charge in [-0.05, 0) is 42.5 Å². The molecule has 0 unspecified atom stereocenters. The summed E-state index contributed by atoms with van der Waals surface area (Å²) in [6, 6.07) is 6.96. The minimum absolute atomic E-state index is 0.164. The van der Waals surface area contributed by atoms with Gasteiger partial charge in [0, 0.05) is 18.1 Å². The van der Waals surface area contributed by atoms with E-state index in [9.17, 15) is 4.39 Å². The van der Waals surface area contributed by atoms with E-state index in [0.29, 0.717) is 0 Å². The van der Waals surface area contributed by atoms with Crippen LogP contribution in [0.25, 0.3) is 10.9 Å². The van der Waals surface area contributed by atoms with Crippen molar-refractivity contribution in [1.29, 1.82) is 0 Å². The Balaban J connectivity index is 2.23. The van der Waals surface area contributed by atoms with Crippen molar-refractivity contribution >= 4 is 26.8 Å². The number of unbranched alkanes of at least 4 members (excludes halogenated alkanes) is 1. The summed E-state index contributed by atoms with van der Waals surface area (Å²) in [7, 11) is 0. The van der Waals surface area contributed by atoms with Crippen LogP contribution in [0.5, 0.6) is 0 Å². The zero-order valence-electron chi connectivity index (χ0n) is 8.42. The second-order valence-corrected chi connectivity index (χ2v) is 4.40. The molecule has 0 bridgehead atoms. The molecule has 1 aromatic carbocycles. The molecule has 0 saturated carbocycles. The number of hydrogen-bond donors (Lipinski definition) is 0. The molecule has 0 aliphatic carbocycles. The summed E-state index contributed by atoms with van der Waals surface area (Å²) in [5.41, 5.74) is 0.990. The van der Waals surface area contributed by atoms with Gasteiger partial charge in [0.2, 0.25) is 0 Å². The van der Waals surface area contributed by atoms with Crippen LogP contribution in [-0.2, 0) is 6.54 Å². The van der Waals surface area contributed by atoms with Gasteiger partial charge in [-0.2, -0.15) is 0 Å². The third-order valence-electron chi connectivity index (χ3n) is 2.52. The Labute approximate surface area is 97.0 Å². The van der Waals surface area contributed by atoms with E-state index < -0.39 is 0 Å². The monoisotopic (exact) mass is 269 g/mol. The molecular weight excluding hydrogens is 257 g/mol. The van der Waals surface area contributed by atoms with E-state index in [0.717, 1.165) is 35.6 Å². The number of halogens is 2. The minimum Gasteiger partial charge on any atom is -0.347 e. The number of rotatable bonds is 4. The van der Waals surface area contributed by atoms with Gasteiger partial charge in [-0.3, -0.25) is 0 Å². The topological polar surface area (TPSA) is 4.93 Å². The van der Waals surface area contributed by atoms with E-state index in [1.807, 2.05) is 18.3 Å². The Hall–Kier alpha value is -0.830. The van der Waals surface area contributed by atoms with Gasteiger partial charge in [0.05, 0.1) is 5.52 Å². The molecule has 0 aliphatic heterocycles. The summed E-state index contributed by atoms with van der Waals surface area (Å²) in [6.45, 7) is 0.957. The predicted molar refractivity (Wildman–Crippen MR) is 64.9 cm³/mol. The summed E-state index contributed by atoms with van der Waals surface area (Å²) in [5, 5.41) is 2.14. The fourth-order valence-corrected chi connectivity index (χ4v) is 2.13. The van der Waals surface area contributed by atoms with E-state index >= 15 is 0 Å². The highest BCUT2D eigenvalue weighted by Gasteiger charge is 2.01. The molecule has 15 heavy (non-hydrogen) atoms. The fraction of sp³-hybridized carbons (Fsp3) is 0.333. The van der Waals surface area contributed by atoms with Gasteiger partial charge in [0.15, 0.2) is 0 Å². The zero-order chi connectivity index (χ0) is 10.7. The Kier molecular flexibility index (Phi) is 3.41. The largest absolute Gasteiger partial charge is 0.347 e. The van der Waals surface area contributed by atoms with E-state index in [1.165, 1.54) is 6.07 Å². The van der Waals surface area contributed by atoms with Gasteiger partial charge in [-0.15, -0.1) is 0 Å². The van der Waals surface area contributed by atoms with Gasteiger partial charge in [-0.1, -0.05) is 15.9 Å². The molecule has 2 rings (SSSR count). The summed E-state index contributed by atoms with van der Waals surface area (Å²) < 4.78 is 15.2. The Morgan fingerprint density at radius 2 is 2.07 bits per heavy atom. The molecule has 0 saturated heterocycles. The second kappa shape index (κ2) is 4.79. The van der Waals surface area contributed by atoms with Crippen molar-refractivity contribution in [3.05, 3.63) is 36.3 Å². The van der Waals surface area contributed by atoms with Crippen LogP contribution in [0.15, 0.2) is 30.5 Å². The summed E-state index contributed by atoms with van der Waals surface area (Å²) in [5.74, 6) is -0.164. The van der Waals surface area contributed by atoms with Crippen LogP contribution in [-0.4, -0.2) is 9.90 Å². The normalized spacial score (nSPS) is 11.1. The quantitative estimate of drug-likeness (QED) is 0.585. The van der Waals surface area contributed by atoms with Gasteiger partial charge in [0.1, 0.15) is 5.82 Å². The third-order valence-corrected chi connectivity index (χ3v) is 3.08. The summed E-state index contributed by atoms with van der Waals surface area (Å²) in [4.78, 5) is 0. The first-order valence-electron chi connectivity index (χ1n) is 5.11. The van der Waals surface area contributed by atoms with E-state index in [4.69, 9.17) is 0 Å². The molecule has 0 fully saturated rings. The maximum absolute atomic E-state index is 13.1. The maximum Gasteiger partial charge on any atom is 0.125 e. The van der Waals surface area contributed by atoms with E-state index in [1.54, 1.807) is 6.07 Å². The Morgan fingerprint density at radius 1 is 1.20 bits per heavy atom. The van der Waals surface area contributed by atoms with Crippen LogP contribution in [0.1, 0.15) is 12.8 Å². The van der Waals surface area contributed by atoms with Crippen LogP contribution in [0, 0.1) is 5.82 Å². The van der Waals surface area contributed by atoms with Crippen molar-refractivity contribution in [3.63, 3.8) is 0 Å². The standard InChI is InChI=1S/C12H13BrFN/c13-6-1-2-7-15-8-5-10-3-4-11(14)9-12(10)15/h3-5,8-9H,1-2,6-7H2. The number of benzene rings is 1. The lowest BCUT2D eigenvalue weighted by Gasteiger charge is -2.04. The molecular formula is C12H13BrFN.